The third-order valence-electron chi connectivity index (χ3n) is 2.97. The minimum Gasteiger partial charge on any atom is -0.497 e. The van der Waals surface area contributed by atoms with Crippen LogP contribution in [0, 0.1) is 0 Å². The number of anilines is 1. The summed E-state index contributed by atoms with van der Waals surface area (Å²) in [5.41, 5.74) is 1.64. The van der Waals surface area contributed by atoms with Gasteiger partial charge in [-0.25, -0.2) is 9.97 Å². The number of nitrogens with zero attached hydrogens (tertiary/aromatic N) is 3. The molecule has 0 saturated heterocycles. The number of aliphatic hydroxyl groups is 1. The van der Waals surface area contributed by atoms with E-state index in [9.17, 15) is 5.11 Å². The van der Waals surface area contributed by atoms with Crippen LogP contribution in [0.2, 0.25) is 5.15 Å². The Morgan fingerprint density at radius 2 is 1.95 bits per heavy atom. The van der Waals surface area contributed by atoms with Gasteiger partial charge in [-0.05, 0) is 17.7 Å². The first-order valence-corrected chi connectivity index (χ1v) is 6.47. The molecule has 0 bridgehead atoms. The molecule has 106 valence electrons. The number of rotatable bonds is 5. The van der Waals surface area contributed by atoms with Crippen LogP contribution in [0.5, 0.6) is 5.75 Å². The number of halogens is 1. The van der Waals surface area contributed by atoms with E-state index < -0.39 is 0 Å². The molecule has 0 spiro atoms. The maximum atomic E-state index is 9.37. The summed E-state index contributed by atoms with van der Waals surface area (Å²) in [4.78, 5) is 9.98. The highest BCUT2D eigenvalue weighted by Gasteiger charge is 2.13. The van der Waals surface area contributed by atoms with Gasteiger partial charge in [-0.15, -0.1) is 0 Å². The Balaban J connectivity index is 2.19. The van der Waals surface area contributed by atoms with Gasteiger partial charge >= 0.3 is 0 Å². The molecule has 6 heteroatoms. The second kappa shape index (κ2) is 6.54. The fourth-order valence-electron chi connectivity index (χ4n) is 1.93. The van der Waals surface area contributed by atoms with Gasteiger partial charge in [0.15, 0.2) is 0 Å². The van der Waals surface area contributed by atoms with Crippen molar-refractivity contribution in [2.24, 2.45) is 0 Å². The zero-order valence-corrected chi connectivity index (χ0v) is 12.1. The second-order valence-electron chi connectivity index (χ2n) is 4.33. The third-order valence-corrected chi connectivity index (χ3v) is 3.29. The second-order valence-corrected chi connectivity index (χ2v) is 4.69. The summed E-state index contributed by atoms with van der Waals surface area (Å²) in [5, 5.41) is 9.65. The van der Waals surface area contributed by atoms with E-state index >= 15 is 0 Å². The van der Waals surface area contributed by atoms with E-state index in [0.717, 1.165) is 11.3 Å². The molecule has 20 heavy (non-hydrogen) atoms. The highest BCUT2D eigenvalue weighted by molar-refractivity contribution is 6.30. The molecular weight excluding hydrogens is 278 g/mol. The number of hydrogen-bond donors (Lipinski definition) is 1. The number of aliphatic hydroxyl groups excluding tert-OH is 1. The highest BCUT2D eigenvalue weighted by Crippen LogP contribution is 2.24. The van der Waals surface area contributed by atoms with Crippen LogP contribution in [0.3, 0.4) is 0 Å². The van der Waals surface area contributed by atoms with Crippen molar-refractivity contribution in [1.29, 1.82) is 0 Å². The van der Waals surface area contributed by atoms with Gasteiger partial charge in [0.1, 0.15) is 23.0 Å². The van der Waals surface area contributed by atoms with E-state index in [0.29, 0.717) is 17.9 Å². The summed E-state index contributed by atoms with van der Waals surface area (Å²) in [6, 6.07) is 7.78. The van der Waals surface area contributed by atoms with E-state index in [1.807, 2.05) is 36.2 Å². The first-order valence-electron chi connectivity index (χ1n) is 6.10. The van der Waals surface area contributed by atoms with Crippen molar-refractivity contribution >= 4 is 17.4 Å². The standard InChI is InChI=1S/C14H16ClN3O2/c1-18(7-10-3-5-11(20-2)6-4-10)14-12(8-19)13(15)16-9-17-14/h3-6,9,19H,7-8H2,1-2H3. The fourth-order valence-corrected chi connectivity index (χ4v) is 2.11. The van der Waals surface area contributed by atoms with Crippen LogP contribution in [0.1, 0.15) is 11.1 Å². The Kier molecular flexibility index (Phi) is 4.76. The summed E-state index contributed by atoms with van der Waals surface area (Å²) in [7, 11) is 3.53. The molecule has 2 rings (SSSR count). The summed E-state index contributed by atoms with van der Waals surface area (Å²) in [5.74, 6) is 1.45. The average molecular weight is 294 g/mol. The van der Waals surface area contributed by atoms with Crippen molar-refractivity contribution < 1.29 is 9.84 Å². The van der Waals surface area contributed by atoms with E-state index in [4.69, 9.17) is 16.3 Å². The molecule has 0 atom stereocenters. The molecule has 0 saturated carbocycles. The van der Waals surface area contributed by atoms with Crippen LogP contribution in [-0.2, 0) is 13.2 Å². The predicted octanol–water partition coefficient (Wildman–Crippen LogP) is 2.27. The molecule has 0 aliphatic rings. The number of hydrogen-bond acceptors (Lipinski definition) is 5. The fraction of sp³-hybridized carbons (Fsp3) is 0.286. The summed E-state index contributed by atoms with van der Waals surface area (Å²) < 4.78 is 5.13. The zero-order valence-electron chi connectivity index (χ0n) is 11.4. The molecule has 0 aliphatic heterocycles. The van der Waals surface area contributed by atoms with Crippen molar-refractivity contribution in [3.05, 3.63) is 46.9 Å². The number of aromatic nitrogens is 2. The van der Waals surface area contributed by atoms with Gasteiger partial charge in [-0.2, -0.15) is 0 Å². The minimum atomic E-state index is -0.193. The van der Waals surface area contributed by atoms with Crippen molar-refractivity contribution in [3.8, 4) is 5.75 Å². The average Bonchev–Trinajstić information content (AvgIpc) is 2.47. The third kappa shape index (κ3) is 3.18. The minimum absolute atomic E-state index is 0.193. The van der Waals surface area contributed by atoms with Crippen molar-refractivity contribution in [2.75, 3.05) is 19.1 Å². The Morgan fingerprint density at radius 1 is 1.25 bits per heavy atom. The number of methoxy groups -OCH3 is 1. The Bertz CT molecular complexity index is 575. The van der Waals surface area contributed by atoms with Gasteiger partial charge in [0.2, 0.25) is 0 Å². The monoisotopic (exact) mass is 293 g/mol. The quantitative estimate of drug-likeness (QED) is 0.857. The van der Waals surface area contributed by atoms with Gasteiger partial charge in [0, 0.05) is 13.6 Å². The summed E-state index contributed by atoms with van der Waals surface area (Å²) in [6.45, 7) is 0.451. The summed E-state index contributed by atoms with van der Waals surface area (Å²) >= 11 is 5.96. The molecule has 0 radical (unpaired) electrons. The number of benzene rings is 1. The Hall–Kier alpha value is -1.85. The van der Waals surface area contributed by atoms with E-state index in [1.54, 1.807) is 7.11 Å². The first kappa shape index (κ1) is 14.6. The molecule has 0 fully saturated rings. The van der Waals surface area contributed by atoms with Gasteiger partial charge < -0.3 is 14.7 Å². The highest BCUT2D eigenvalue weighted by atomic mass is 35.5. The maximum Gasteiger partial charge on any atom is 0.140 e. The Labute approximate surface area is 122 Å². The van der Waals surface area contributed by atoms with Crippen molar-refractivity contribution in [2.45, 2.75) is 13.2 Å². The molecule has 0 aliphatic carbocycles. The van der Waals surface area contributed by atoms with E-state index in [-0.39, 0.29) is 11.8 Å². The van der Waals surface area contributed by atoms with Crippen LogP contribution in [0.25, 0.3) is 0 Å². The molecule has 0 amide bonds. The topological polar surface area (TPSA) is 58.5 Å². The SMILES string of the molecule is COc1ccc(CN(C)c2ncnc(Cl)c2CO)cc1. The van der Waals surface area contributed by atoms with Crippen molar-refractivity contribution in [1.82, 2.24) is 9.97 Å². The molecule has 1 N–H and O–H groups in total. The van der Waals surface area contributed by atoms with Gasteiger partial charge in [-0.3, -0.25) is 0 Å². The van der Waals surface area contributed by atoms with Crippen LogP contribution < -0.4 is 9.64 Å². The van der Waals surface area contributed by atoms with Gasteiger partial charge in [0.05, 0.1) is 19.3 Å². The molecule has 0 unspecified atom stereocenters. The largest absolute Gasteiger partial charge is 0.497 e. The van der Waals surface area contributed by atoms with Gasteiger partial charge in [0.25, 0.3) is 0 Å². The lowest BCUT2D eigenvalue weighted by atomic mass is 10.2. The lowest BCUT2D eigenvalue weighted by Gasteiger charge is -2.21. The van der Waals surface area contributed by atoms with Gasteiger partial charge in [-0.1, -0.05) is 23.7 Å². The molecule has 5 nitrogen and oxygen atoms in total. The lowest BCUT2D eigenvalue weighted by Crippen LogP contribution is -2.20. The Morgan fingerprint density at radius 3 is 2.55 bits per heavy atom. The summed E-state index contributed by atoms with van der Waals surface area (Å²) in [6.07, 6.45) is 1.39. The van der Waals surface area contributed by atoms with Crippen molar-refractivity contribution in [3.63, 3.8) is 0 Å². The predicted molar refractivity (Wildman–Crippen MR) is 78.1 cm³/mol. The van der Waals surface area contributed by atoms with Crippen LogP contribution in [0.15, 0.2) is 30.6 Å². The van der Waals surface area contributed by atoms with Crippen LogP contribution in [0.4, 0.5) is 5.82 Å². The maximum absolute atomic E-state index is 9.37. The van der Waals surface area contributed by atoms with E-state index in [2.05, 4.69) is 9.97 Å². The van der Waals surface area contributed by atoms with Crippen LogP contribution >= 0.6 is 11.6 Å². The molecule has 1 aromatic heterocycles. The molecule has 2 aromatic rings. The molecule has 1 heterocycles. The zero-order chi connectivity index (χ0) is 14.5. The number of ether oxygens (including phenoxy) is 1. The van der Waals surface area contributed by atoms with Crippen LogP contribution in [-0.4, -0.2) is 29.2 Å². The lowest BCUT2D eigenvalue weighted by molar-refractivity contribution is 0.281. The molecule has 1 aromatic carbocycles. The smallest absolute Gasteiger partial charge is 0.140 e. The normalized spacial score (nSPS) is 10.4. The van der Waals surface area contributed by atoms with E-state index in [1.165, 1.54) is 6.33 Å². The molecular formula is C14H16ClN3O2. The first-order chi connectivity index (χ1) is 9.65.